The van der Waals surface area contributed by atoms with Gasteiger partial charge in [0.2, 0.25) is 5.91 Å². The number of esters is 1. The van der Waals surface area contributed by atoms with E-state index in [1.165, 1.54) is 4.90 Å². The van der Waals surface area contributed by atoms with Crippen molar-refractivity contribution in [1.82, 2.24) is 4.90 Å². The molecule has 0 aliphatic carbocycles. The Morgan fingerprint density at radius 2 is 1.95 bits per heavy atom. The maximum absolute atomic E-state index is 14.5. The Labute approximate surface area is 230 Å². The Balaban J connectivity index is 1.74. The maximum atomic E-state index is 14.5. The molecule has 212 valence electrons. The van der Waals surface area contributed by atoms with E-state index >= 15 is 0 Å². The summed E-state index contributed by atoms with van der Waals surface area (Å²) in [6.45, 7) is 11.9. The summed E-state index contributed by atoms with van der Waals surface area (Å²) in [6, 6.07) is 6.13. The quantitative estimate of drug-likeness (QED) is 0.233. The molecule has 0 saturated carbocycles. The lowest BCUT2D eigenvalue weighted by Gasteiger charge is -2.37. The predicted octanol–water partition coefficient (Wildman–Crippen LogP) is 3.12. The van der Waals surface area contributed by atoms with Crippen LogP contribution in [-0.2, 0) is 23.9 Å². The third-order valence-electron chi connectivity index (χ3n) is 8.62. The number of hydrogen-bond acceptors (Lipinski definition) is 7. The number of unbranched alkanes of at least 4 members (excludes halogenated alkanes) is 1. The lowest BCUT2D eigenvalue weighted by atomic mass is 9.62. The van der Waals surface area contributed by atoms with Crippen LogP contribution in [0.1, 0.15) is 39.5 Å². The second-order valence-corrected chi connectivity index (χ2v) is 10.8. The van der Waals surface area contributed by atoms with E-state index in [0.717, 1.165) is 0 Å². The SMILES string of the molecule is C=CCCCOC(=O)[C@@H]1[C@H]2C(=O)N(CCCO)C(C(=O)N(CC=C)c3ccc(OC)cc3)C23CC(C)[C@@]1(C)O3. The van der Waals surface area contributed by atoms with E-state index in [-0.39, 0.29) is 44.0 Å². The summed E-state index contributed by atoms with van der Waals surface area (Å²) in [5.74, 6) is -2.21. The number of benzene rings is 1. The fourth-order valence-electron chi connectivity index (χ4n) is 6.71. The van der Waals surface area contributed by atoms with Crippen LogP contribution in [0.2, 0.25) is 0 Å². The zero-order valence-corrected chi connectivity index (χ0v) is 23.1. The van der Waals surface area contributed by atoms with E-state index in [4.69, 9.17) is 14.2 Å². The topological polar surface area (TPSA) is 106 Å². The number of aliphatic hydroxyl groups excluding tert-OH is 1. The van der Waals surface area contributed by atoms with Crippen LogP contribution in [0.25, 0.3) is 0 Å². The molecule has 3 heterocycles. The number of carbonyl (C=O) groups is 3. The van der Waals surface area contributed by atoms with Gasteiger partial charge in [-0.3, -0.25) is 14.4 Å². The van der Waals surface area contributed by atoms with Crippen molar-refractivity contribution in [2.24, 2.45) is 17.8 Å². The van der Waals surface area contributed by atoms with Crippen LogP contribution in [0.5, 0.6) is 5.75 Å². The Morgan fingerprint density at radius 1 is 1.23 bits per heavy atom. The normalized spacial score (nSPS) is 30.7. The molecule has 6 atom stereocenters. The number of fused-ring (bicyclic) bond motifs is 1. The standard InChI is InChI=1S/C30H40N2O7/c1-6-8-9-18-38-28(36)24-23-26(34)32(16-10-17-33)25(30(23)19-20(3)29(24,4)39-30)27(35)31(15-7-2)21-11-13-22(37-5)14-12-21/h6-7,11-14,20,23-25,33H,1-2,8-10,15-19H2,3-5H3/t20?,23-,24-,25?,29+,30?/m0/s1. The molecule has 1 N–H and O–H groups in total. The third-order valence-corrected chi connectivity index (χ3v) is 8.62. The summed E-state index contributed by atoms with van der Waals surface area (Å²) < 4.78 is 17.6. The highest BCUT2D eigenvalue weighted by molar-refractivity contribution is 6.04. The van der Waals surface area contributed by atoms with Crippen LogP contribution in [-0.4, -0.2) is 78.4 Å². The fourth-order valence-corrected chi connectivity index (χ4v) is 6.71. The van der Waals surface area contributed by atoms with Crippen molar-refractivity contribution in [2.75, 3.05) is 38.3 Å². The first-order valence-electron chi connectivity index (χ1n) is 13.7. The summed E-state index contributed by atoms with van der Waals surface area (Å²) in [5, 5.41) is 9.58. The molecule has 39 heavy (non-hydrogen) atoms. The number of ether oxygens (including phenoxy) is 3. The summed E-state index contributed by atoms with van der Waals surface area (Å²) in [6.07, 6.45) is 5.50. The Morgan fingerprint density at radius 3 is 2.56 bits per heavy atom. The molecule has 3 fully saturated rings. The first-order valence-corrected chi connectivity index (χ1v) is 13.7. The number of anilines is 1. The number of carbonyl (C=O) groups excluding carboxylic acids is 3. The monoisotopic (exact) mass is 540 g/mol. The molecule has 0 aromatic heterocycles. The molecule has 1 spiro atoms. The van der Waals surface area contributed by atoms with E-state index in [2.05, 4.69) is 13.2 Å². The molecule has 4 rings (SSSR count). The Hall–Kier alpha value is -3.17. The van der Waals surface area contributed by atoms with Crippen molar-refractivity contribution in [2.45, 2.75) is 56.8 Å². The highest BCUT2D eigenvalue weighted by Crippen LogP contribution is 2.65. The average molecular weight is 541 g/mol. The molecule has 3 saturated heterocycles. The number of amides is 2. The predicted molar refractivity (Wildman–Crippen MR) is 146 cm³/mol. The first kappa shape index (κ1) is 28.8. The van der Waals surface area contributed by atoms with Crippen molar-refractivity contribution in [3.05, 3.63) is 49.6 Å². The van der Waals surface area contributed by atoms with Gasteiger partial charge >= 0.3 is 5.97 Å². The van der Waals surface area contributed by atoms with E-state index in [9.17, 15) is 19.5 Å². The van der Waals surface area contributed by atoms with Gasteiger partial charge in [-0.15, -0.1) is 13.2 Å². The van der Waals surface area contributed by atoms with Crippen LogP contribution >= 0.6 is 0 Å². The summed E-state index contributed by atoms with van der Waals surface area (Å²) in [4.78, 5) is 45.1. The van der Waals surface area contributed by atoms with Gasteiger partial charge in [0.15, 0.2) is 0 Å². The summed E-state index contributed by atoms with van der Waals surface area (Å²) in [5.41, 5.74) is -1.50. The lowest BCUT2D eigenvalue weighted by Crippen LogP contribution is -2.57. The van der Waals surface area contributed by atoms with Gasteiger partial charge in [-0.25, -0.2) is 0 Å². The highest BCUT2D eigenvalue weighted by Gasteiger charge is 2.80. The second-order valence-electron chi connectivity index (χ2n) is 10.8. The Kier molecular flexibility index (Phi) is 8.51. The van der Waals surface area contributed by atoms with Crippen molar-refractivity contribution in [3.8, 4) is 5.75 Å². The van der Waals surface area contributed by atoms with Crippen LogP contribution in [0, 0.1) is 17.8 Å². The number of methoxy groups -OCH3 is 1. The minimum atomic E-state index is -1.19. The fraction of sp³-hybridized carbons (Fsp3) is 0.567. The van der Waals surface area contributed by atoms with Crippen LogP contribution in [0.15, 0.2) is 49.6 Å². The second kappa shape index (κ2) is 11.5. The molecule has 2 bridgehead atoms. The van der Waals surface area contributed by atoms with Crippen LogP contribution in [0.3, 0.4) is 0 Å². The van der Waals surface area contributed by atoms with E-state index in [1.54, 1.807) is 48.4 Å². The molecule has 9 nitrogen and oxygen atoms in total. The van der Waals surface area contributed by atoms with Crippen molar-refractivity contribution >= 4 is 23.5 Å². The summed E-state index contributed by atoms with van der Waals surface area (Å²) in [7, 11) is 1.57. The third kappa shape index (κ3) is 4.76. The van der Waals surface area contributed by atoms with Gasteiger partial charge in [-0.1, -0.05) is 19.1 Å². The van der Waals surface area contributed by atoms with Gasteiger partial charge < -0.3 is 29.1 Å². The van der Waals surface area contributed by atoms with Gasteiger partial charge in [0.25, 0.3) is 5.91 Å². The molecule has 3 aliphatic rings. The minimum Gasteiger partial charge on any atom is -0.497 e. The average Bonchev–Trinajstić information content (AvgIpc) is 3.44. The number of nitrogens with zero attached hydrogens (tertiary/aromatic N) is 2. The van der Waals surface area contributed by atoms with E-state index in [0.29, 0.717) is 37.1 Å². The largest absolute Gasteiger partial charge is 0.497 e. The van der Waals surface area contributed by atoms with Gasteiger partial charge in [-0.05, 0) is 62.8 Å². The molecule has 1 aromatic carbocycles. The molecule has 0 radical (unpaired) electrons. The van der Waals surface area contributed by atoms with Crippen LogP contribution in [0.4, 0.5) is 5.69 Å². The molecule has 9 heteroatoms. The van der Waals surface area contributed by atoms with E-state index in [1.807, 2.05) is 13.8 Å². The highest BCUT2D eigenvalue weighted by atomic mass is 16.6. The van der Waals surface area contributed by atoms with Crippen molar-refractivity contribution in [1.29, 1.82) is 0 Å². The van der Waals surface area contributed by atoms with E-state index < -0.39 is 35.0 Å². The van der Waals surface area contributed by atoms with Crippen molar-refractivity contribution in [3.63, 3.8) is 0 Å². The molecule has 1 aromatic rings. The first-order chi connectivity index (χ1) is 18.7. The van der Waals surface area contributed by atoms with Gasteiger partial charge in [0.05, 0.1) is 25.2 Å². The lowest BCUT2D eigenvalue weighted by molar-refractivity contribution is -0.161. The molecule has 3 aliphatic heterocycles. The number of hydrogen-bond donors (Lipinski definition) is 1. The molecule has 3 unspecified atom stereocenters. The zero-order chi connectivity index (χ0) is 28.4. The smallest absolute Gasteiger partial charge is 0.312 e. The summed E-state index contributed by atoms with van der Waals surface area (Å²) >= 11 is 0. The molecular formula is C30H40N2O7. The number of rotatable bonds is 13. The number of aliphatic hydroxyl groups is 1. The van der Waals surface area contributed by atoms with Gasteiger partial charge in [0.1, 0.15) is 23.3 Å². The minimum absolute atomic E-state index is 0.0887. The van der Waals surface area contributed by atoms with Gasteiger partial charge in [0, 0.05) is 25.4 Å². The van der Waals surface area contributed by atoms with Gasteiger partial charge in [-0.2, -0.15) is 0 Å². The maximum Gasteiger partial charge on any atom is 0.312 e. The molecular weight excluding hydrogens is 500 g/mol. The number of likely N-dealkylation sites (tertiary alicyclic amines) is 1. The Bertz CT molecular complexity index is 1110. The zero-order valence-electron chi connectivity index (χ0n) is 23.1. The van der Waals surface area contributed by atoms with Crippen molar-refractivity contribution < 1.29 is 33.7 Å². The van der Waals surface area contributed by atoms with Crippen LogP contribution < -0.4 is 9.64 Å². The number of allylic oxidation sites excluding steroid dienone is 1. The molecule has 2 amide bonds.